The van der Waals surface area contributed by atoms with Gasteiger partial charge in [0, 0.05) is 29.2 Å². The summed E-state index contributed by atoms with van der Waals surface area (Å²) in [7, 11) is 0. The number of nitrogens with one attached hydrogen (secondary N) is 2. The first-order chi connectivity index (χ1) is 12.8. The third-order valence-corrected chi connectivity index (χ3v) is 6.46. The molecule has 2 aromatic carbocycles. The third-order valence-electron chi connectivity index (χ3n) is 5.62. The van der Waals surface area contributed by atoms with Crippen LogP contribution in [0.25, 0.3) is 21.1 Å². The molecule has 26 heavy (non-hydrogen) atoms. The van der Waals surface area contributed by atoms with E-state index in [1.165, 1.54) is 22.5 Å². The van der Waals surface area contributed by atoms with Crippen LogP contribution >= 0.6 is 11.3 Å². The zero-order valence-corrected chi connectivity index (χ0v) is 14.7. The van der Waals surface area contributed by atoms with Crippen LogP contribution in [-0.4, -0.2) is 21.8 Å². The van der Waals surface area contributed by atoms with E-state index in [0.29, 0.717) is 11.0 Å². The molecule has 6 nitrogen and oxygen atoms in total. The molecule has 2 aliphatic heterocycles. The van der Waals surface area contributed by atoms with Crippen molar-refractivity contribution in [2.45, 2.75) is 18.6 Å². The van der Waals surface area contributed by atoms with Crippen molar-refractivity contribution in [2.24, 2.45) is 5.92 Å². The standard InChI is InChI=1S/C19H17N5OS/c20-19-23-13-2-1-9(7-15(13)26-19)17-10-5-6-25-18(10)16-11-8-21-24-12(11)3-4-14(16)22-17/h1-4,7-8,10,17-18,22H,5-6H2,(H2,20,23)(H,21,24)/t10-,17?,18-/m0/s1. The number of ether oxygens (including phenoxy) is 1. The molecule has 0 amide bonds. The molecule has 0 spiro atoms. The molecule has 3 atom stereocenters. The summed E-state index contributed by atoms with van der Waals surface area (Å²) in [5, 5.41) is 12.8. The topological polar surface area (TPSA) is 88.8 Å². The van der Waals surface area contributed by atoms with Crippen molar-refractivity contribution in [3.8, 4) is 0 Å². The summed E-state index contributed by atoms with van der Waals surface area (Å²) in [6, 6.07) is 10.9. The van der Waals surface area contributed by atoms with Gasteiger partial charge in [0.2, 0.25) is 0 Å². The molecule has 4 aromatic rings. The van der Waals surface area contributed by atoms with Gasteiger partial charge in [0.25, 0.3) is 0 Å². The van der Waals surface area contributed by atoms with E-state index in [-0.39, 0.29) is 12.1 Å². The zero-order valence-electron chi connectivity index (χ0n) is 13.9. The minimum atomic E-state index is 0.0970. The van der Waals surface area contributed by atoms with Crippen molar-refractivity contribution >= 4 is 43.3 Å². The van der Waals surface area contributed by atoms with Gasteiger partial charge in [-0.05, 0) is 36.2 Å². The Bertz CT molecular complexity index is 1150. The first-order valence-corrected chi connectivity index (χ1v) is 9.60. The Hall–Kier alpha value is -2.64. The summed E-state index contributed by atoms with van der Waals surface area (Å²) in [6.45, 7) is 0.789. The number of hydrogen-bond acceptors (Lipinski definition) is 6. The normalized spacial score (nSPS) is 24.5. The molecule has 0 bridgehead atoms. The molecule has 4 heterocycles. The molecule has 4 N–H and O–H groups in total. The number of thiazole rings is 1. The van der Waals surface area contributed by atoms with Gasteiger partial charge in [0.1, 0.15) is 0 Å². The van der Waals surface area contributed by atoms with Gasteiger partial charge in [-0.15, -0.1) is 0 Å². The Morgan fingerprint density at radius 2 is 2.19 bits per heavy atom. The van der Waals surface area contributed by atoms with Crippen molar-refractivity contribution < 1.29 is 4.74 Å². The molecule has 2 aliphatic rings. The molecule has 1 unspecified atom stereocenters. The van der Waals surface area contributed by atoms with Crippen LogP contribution in [0.4, 0.5) is 10.8 Å². The van der Waals surface area contributed by atoms with E-state index in [9.17, 15) is 0 Å². The molecule has 0 aliphatic carbocycles. The van der Waals surface area contributed by atoms with Gasteiger partial charge in [0.05, 0.1) is 34.1 Å². The van der Waals surface area contributed by atoms with Gasteiger partial charge in [-0.1, -0.05) is 17.4 Å². The number of nitrogen functional groups attached to an aromatic ring is 1. The highest BCUT2D eigenvalue weighted by Gasteiger charge is 2.42. The lowest BCUT2D eigenvalue weighted by atomic mass is 9.80. The predicted molar refractivity (Wildman–Crippen MR) is 103 cm³/mol. The summed E-state index contributed by atoms with van der Waals surface area (Å²) >= 11 is 1.54. The smallest absolute Gasteiger partial charge is 0.181 e. The number of aromatic amines is 1. The third kappa shape index (κ3) is 1.95. The van der Waals surface area contributed by atoms with E-state index < -0.39 is 0 Å². The van der Waals surface area contributed by atoms with Crippen molar-refractivity contribution in [2.75, 3.05) is 17.7 Å². The maximum atomic E-state index is 6.19. The van der Waals surface area contributed by atoms with E-state index in [1.807, 2.05) is 6.20 Å². The van der Waals surface area contributed by atoms with E-state index in [4.69, 9.17) is 10.5 Å². The molecule has 130 valence electrons. The molecule has 1 fully saturated rings. The lowest BCUT2D eigenvalue weighted by molar-refractivity contribution is 0.0841. The molecule has 0 saturated carbocycles. The van der Waals surface area contributed by atoms with Crippen LogP contribution in [0.5, 0.6) is 0 Å². The lowest BCUT2D eigenvalue weighted by Gasteiger charge is -2.36. The maximum Gasteiger partial charge on any atom is 0.181 e. The summed E-state index contributed by atoms with van der Waals surface area (Å²) in [5.74, 6) is 0.394. The monoisotopic (exact) mass is 363 g/mol. The first kappa shape index (κ1) is 14.5. The van der Waals surface area contributed by atoms with Gasteiger partial charge < -0.3 is 15.8 Å². The molecule has 0 radical (unpaired) electrons. The molecule has 2 aromatic heterocycles. The Labute approximate surface area is 153 Å². The van der Waals surface area contributed by atoms with Crippen LogP contribution in [-0.2, 0) is 4.74 Å². The highest BCUT2D eigenvalue weighted by molar-refractivity contribution is 7.22. The van der Waals surface area contributed by atoms with Crippen LogP contribution in [0.2, 0.25) is 0 Å². The summed E-state index contributed by atoms with van der Waals surface area (Å²) in [6.07, 6.45) is 3.04. The number of hydrogen-bond donors (Lipinski definition) is 3. The van der Waals surface area contributed by atoms with Crippen molar-refractivity contribution in [1.29, 1.82) is 0 Å². The fourth-order valence-electron chi connectivity index (χ4n) is 4.47. The van der Waals surface area contributed by atoms with Gasteiger partial charge in [-0.3, -0.25) is 5.10 Å². The highest BCUT2D eigenvalue weighted by Crippen LogP contribution is 2.51. The fourth-order valence-corrected chi connectivity index (χ4v) is 5.26. The Kier molecular flexibility index (Phi) is 2.90. The Morgan fingerprint density at radius 3 is 3.15 bits per heavy atom. The second-order valence-electron chi connectivity index (χ2n) is 7.00. The lowest BCUT2D eigenvalue weighted by Crippen LogP contribution is -2.29. The number of fused-ring (bicyclic) bond motifs is 6. The molecular formula is C19H17N5OS. The van der Waals surface area contributed by atoms with Crippen LogP contribution in [0, 0.1) is 5.92 Å². The van der Waals surface area contributed by atoms with Crippen LogP contribution in [0.15, 0.2) is 36.5 Å². The van der Waals surface area contributed by atoms with Crippen LogP contribution < -0.4 is 11.1 Å². The molecular weight excluding hydrogens is 346 g/mol. The predicted octanol–water partition coefficient (Wildman–Crippen LogP) is 4.00. The first-order valence-electron chi connectivity index (χ1n) is 8.78. The molecule has 6 rings (SSSR count). The highest BCUT2D eigenvalue weighted by atomic mass is 32.1. The maximum absolute atomic E-state index is 6.19. The van der Waals surface area contributed by atoms with E-state index in [0.717, 1.165) is 39.8 Å². The summed E-state index contributed by atoms with van der Waals surface area (Å²) in [4.78, 5) is 4.37. The Balaban J connectivity index is 1.50. The van der Waals surface area contributed by atoms with Crippen LogP contribution in [0.3, 0.4) is 0 Å². The number of aromatic nitrogens is 3. The van der Waals surface area contributed by atoms with Gasteiger partial charge in [-0.25, -0.2) is 4.98 Å². The summed E-state index contributed by atoms with van der Waals surface area (Å²) < 4.78 is 7.33. The zero-order chi connectivity index (χ0) is 17.3. The van der Waals surface area contributed by atoms with Crippen LogP contribution in [0.1, 0.15) is 29.7 Å². The average molecular weight is 363 g/mol. The number of nitrogens with two attached hydrogens (primary N) is 1. The number of benzene rings is 2. The Morgan fingerprint density at radius 1 is 1.23 bits per heavy atom. The summed E-state index contributed by atoms with van der Waals surface area (Å²) in [5.41, 5.74) is 11.5. The van der Waals surface area contributed by atoms with Crippen molar-refractivity contribution in [1.82, 2.24) is 15.2 Å². The largest absolute Gasteiger partial charge is 0.378 e. The minimum absolute atomic E-state index is 0.0970. The second-order valence-corrected chi connectivity index (χ2v) is 8.07. The number of H-pyrrole nitrogens is 1. The quantitative estimate of drug-likeness (QED) is 0.476. The minimum Gasteiger partial charge on any atom is -0.378 e. The van der Waals surface area contributed by atoms with Gasteiger partial charge >= 0.3 is 0 Å². The molecule has 7 heteroatoms. The second kappa shape index (κ2) is 5.18. The van der Waals surface area contributed by atoms with Gasteiger partial charge in [0.15, 0.2) is 5.13 Å². The van der Waals surface area contributed by atoms with Crippen molar-refractivity contribution in [3.63, 3.8) is 0 Å². The van der Waals surface area contributed by atoms with E-state index in [1.54, 1.807) is 0 Å². The number of nitrogens with zero attached hydrogens (tertiary/aromatic N) is 2. The fraction of sp³-hybridized carbons (Fsp3) is 0.263. The molecule has 1 saturated heterocycles. The van der Waals surface area contributed by atoms with Crippen molar-refractivity contribution in [3.05, 3.63) is 47.7 Å². The SMILES string of the molecule is Nc1nc2ccc(C3Nc4ccc5[nH]ncc5c4[C@H]4OCC[C@@H]34)cc2s1. The van der Waals surface area contributed by atoms with Gasteiger partial charge in [-0.2, -0.15) is 5.10 Å². The van der Waals surface area contributed by atoms with E-state index in [2.05, 4.69) is 50.8 Å². The number of anilines is 2. The van der Waals surface area contributed by atoms with E-state index >= 15 is 0 Å². The number of rotatable bonds is 1. The average Bonchev–Trinajstić information content (AvgIpc) is 3.37.